The normalized spacial score (nSPS) is 11.7. The van der Waals surface area contributed by atoms with Crippen LogP contribution in [0.5, 0.6) is 0 Å². The Kier molecular flexibility index (Phi) is 4.66. The van der Waals surface area contributed by atoms with Gasteiger partial charge in [-0.3, -0.25) is 9.59 Å². The predicted molar refractivity (Wildman–Crippen MR) is 79.4 cm³/mol. The van der Waals surface area contributed by atoms with Crippen molar-refractivity contribution in [1.29, 1.82) is 0 Å². The van der Waals surface area contributed by atoms with Gasteiger partial charge in [0.2, 0.25) is 5.91 Å². The van der Waals surface area contributed by atoms with Crippen molar-refractivity contribution in [2.75, 3.05) is 5.32 Å². The molecule has 0 saturated heterocycles. The maximum Gasteiger partial charge on any atom is 0.235 e. The minimum Gasteiger partial charge on any atom is -0.325 e. The van der Waals surface area contributed by atoms with Crippen LogP contribution in [0.25, 0.3) is 0 Å². The van der Waals surface area contributed by atoms with Gasteiger partial charge in [0.05, 0.1) is 0 Å². The Morgan fingerprint density at radius 3 is 2.05 bits per heavy atom. The second kappa shape index (κ2) is 6.66. The molecule has 2 aromatic rings. The van der Waals surface area contributed by atoms with Crippen LogP contribution in [0.3, 0.4) is 0 Å². The molecule has 1 unspecified atom stereocenters. The average Bonchev–Trinajstić information content (AvgIpc) is 2.46. The molecule has 1 N–H and O–H groups in total. The summed E-state index contributed by atoms with van der Waals surface area (Å²) >= 11 is 0. The number of nitrogens with one attached hydrogen (secondary N) is 1. The summed E-state index contributed by atoms with van der Waals surface area (Å²) in [6.45, 7) is 1.46. The lowest BCUT2D eigenvalue weighted by Crippen LogP contribution is -2.30. The highest BCUT2D eigenvalue weighted by atomic mass is 16.2. The Hall–Kier alpha value is -2.42. The standard InChI is InChI=1S/C17H17NO2/c1-13(19)16(12-14-8-4-2-5-9-14)17(20)18-15-10-6-3-7-11-15/h2-11,16H,12H2,1H3,(H,18,20). The Bertz CT molecular complexity index is 578. The van der Waals surface area contributed by atoms with Gasteiger partial charge in [0.15, 0.2) is 0 Å². The van der Waals surface area contributed by atoms with Crippen molar-refractivity contribution in [2.45, 2.75) is 13.3 Å². The van der Waals surface area contributed by atoms with Gasteiger partial charge in [-0.25, -0.2) is 0 Å². The molecule has 2 rings (SSSR count). The Morgan fingerprint density at radius 2 is 1.50 bits per heavy atom. The molecule has 3 heteroatoms. The number of rotatable bonds is 5. The molecule has 102 valence electrons. The zero-order valence-electron chi connectivity index (χ0n) is 11.4. The zero-order chi connectivity index (χ0) is 14.4. The first kappa shape index (κ1) is 14.0. The Morgan fingerprint density at radius 1 is 0.950 bits per heavy atom. The fourth-order valence-electron chi connectivity index (χ4n) is 2.02. The van der Waals surface area contributed by atoms with E-state index in [9.17, 15) is 9.59 Å². The minimum absolute atomic E-state index is 0.123. The van der Waals surface area contributed by atoms with Crippen LogP contribution >= 0.6 is 0 Å². The molecule has 0 aliphatic rings. The smallest absolute Gasteiger partial charge is 0.235 e. The average molecular weight is 267 g/mol. The summed E-state index contributed by atoms with van der Waals surface area (Å²) in [6.07, 6.45) is 0.425. The summed E-state index contributed by atoms with van der Waals surface area (Å²) in [5.41, 5.74) is 1.69. The number of anilines is 1. The first-order valence-corrected chi connectivity index (χ1v) is 6.57. The van der Waals surface area contributed by atoms with Gasteiger partial charge in [-0.05, 0) is 31.0 Å². The molecule has 1 amide bonds. The molecule has 0 bridgehead atoms. The molecule has 0 spiro atoms. The fraction of sp³-hybridized carbons (Fsp3) is 0.176. The minimum atomic E-state index is -0.655. The van der Waals surface area contributed by atoms with Crippen LogP contribution in [-0.2, 0) is 16.0 Å². The van der Waals surface area contributed by atoms with Crippen molar-refractivity contribution < 1.29 is 9.59 Å². The van der Waals surface area contributed by atoms with E-state index in [1.54, 1.807) is 12.1 Å². The number of Topliss-reactive ketones (excluding diaryl/α,β-unsaturated/α-hetero) is 1. The molecule has 0 aliphatic carbocycles. The number of para-hydroxylation sites is 1. The molecule has 0 heterocycles. The monoisotopic (exact) mass is 267 g/mol. The van der Waals surface area contributed by atoms with Gasteiger partial charge < -0.3 is 5.32 Å². The van der Waals surface area contributed by atoms with E-state index in [4.69, 9.17) is 0 Å². The van der Waals surface area contributed by atoms with Gasteiger partial charge >= 0.3 is 0 Å². The Labute approximate surface area is 118 Å². The molecular formula is C17H17NO2. The quantitative estimate of drug-likeness (QED) is 0.846. The summed E-state index contributed by atoms with van der Waals surface area (Å²) in [5, 5.41) is 2.78. The summed E-state index contributed by atoms with van der Waals surface area (Å²) in [5.74, 6) is -1.03. The van der Waals surface area contributed by atoms with Crippen molar-refractivity contribution in [3.05, 3.63) is 66.2 Å². The van der Waals surface area contributed by atoms with Crippen LogP contribution in [0.4, 0.5) is 5.69 Å². The molecule has 3 nitrogen and oxygen atoms in total. The lowest BCUT2D eigenvalue weighted by atomic mass is 9.95. The van der Waals surface area contributed by atoms with Crippen molar-refractivity contribution in [3.8, 4) is 0 Å². The third-order valence-electron chi connectivity index (χ3n) is 3.13. The molecule has 0 radical (unpaired) electrons. The van der Waals surface area contributed by atoms with Crippen LogP contribution in [-0.4, -0.2) is 11.7 Å². The van der Waals surface area contributed by atoms with Crippen LogP contribution in [0.15, 0.2) is 60.7 Å². The molecule has 0 saturated carbocycles. The zero-order valence-corrected chi connectivity index (χ0v) is 11.4. The van der Waals surface area contributed by atoms with E-state index < -0.39 is 5.92 Å². The number of hydrogen-bond acceptors (Lipinski definition) is 2. The summed E-state index contributed by atoms with van der Waals surface area (Å²) in [7, 11) is 0. The van der Waals surface area contributed by atoms with Gasteiger partial charge in [-0.2, -0.15) is 0 Å². The van der Waals surface area contributed by atoms with E-state index in [0.29, 0.717) is 12.1 Å². The third kappa shape index (κ3) is 3.79. The third-order valence-corrected chi connectivity index (χ3v) is 3.13. The summed E-state index contributed by atoms with van der Waals surface area (Å²) in [4.78, 5) is 23.9. The van der Waals surface area contributed by atoms with Crippen molar-refractivity contribution in [1.82, 2.24) is 0 Å². The van der Waals surface area contributed by atoms with Crippen LogP contribution in [0.2, 0.25) is 0 Å². The summed E-state index contributed by atoms with van der Waals surface area (Å²) < 4.78 is 0. The van der Waals surface area contributed by atoms with Crippen molar-refractivity contribution in [3.63, 3.8) is 0 Å². The van der Waals surface area contributed by atoms with E-state index in [0.717, 1.165) is 5.56 Å². The number of carbonyl (C=O) groups is 2. The van der Waals surface area contributed by atoms with E-state index in [2.05, 4.69) is 5.32 Å². The van der Waals surface area contributed by atoms with Crippen molar-refractivity contribution in [2.24, 2.45) is 5.92 Å². The van der Waals surface area contributed by atoms with Gasteiger partial charge in [0.1, 0.15) is 11.7 Å². The maximum atomic E-state index is 12.2. The molecule has 0 fully saturated rings. The van der Waals surface area contributed by atoms with Crippen LogP contribution in [0, 0.1) is 5.92 Å². The van der Waals surface area contributed by atoms with Crippen LogP contribution in [0.1, 0.15) is 12.5 Å². The summed E-state index contributed by atoms with van der Waals surface area (Å²) in [6, 6.07) is 18.7. The highest BCUT2D eigenvalue weighted by molar-refractivity contribution is 6.06. The first-order chi connectivity index (χ1) is 9.66. The molecule has 1 atom stereocenters. The van der Waals surface area contributed by atoms with Gasteiger partial charge in [-0.1, -0.05) is 48.5 Å². The lowest BCUT2D eigenvalue weighted by molar-refractivity contribution is -0.129. The van der Waals surface area contributed by atoms with Gasteiger partial charge in [0, 0.05) is 5.69 Å². The molecule has 20 heavy (non-hydrogen) atoms. The van der Waals surface area contributed by atoms with Gasteiger partial charge in [0.25, 0.3) is 0 Å². The Balaban J connectivity index is 2.09. The lowest BCUT2D eigenvalue weighted by Gasteiger charge is -2.14. The number of carbonyl (C=O) groups excluding carboxylic acids is 2. The molecule has 2 aromatic carbocycles. The van der Waals surface area contributed by atoms with Gasteiger partial charge in [-0.15, -0.1) is 0 Å². The highest BCUT2D eigenvalue weighted by Gasteiger charge is 2.23. The number of hydrogen-bond donors (Lipinski definition) is 1. The van der Waals surface area contributed by atoms with E-state index in [1.165, 1.54) is 6.92 Å². The number of benzene rings is 2. The SMILES string of the molecule is CC(=O)C(Cc1ccccc1)C(=O)Nc1ccccc1. The second-order valence-corrected chi connectivity index (χ2v) is 4.71. The number of ketones is 1. The first-order valence-electron chi connectivity index (χ1n) is 6.57. The van der Waals surface area contributed by atoms with E-state index in [-0.39, 0.29) is 11.7 Å². The highest BCUT2D eigenvalue weighted by Crippen LogP contribution is 2.13. The molecule has 0 aromatic heterocycles. The molecule has 0 aliphatic heterocycles. The van der Waals surface area contributed by atoms with E-state index >= 15 is 0 Å². The number of amides is 1. The predicted octanol–water partition coefficient (Wildman–Crippen LogP) is 3.07. The molecular weight excluding hydrogens is 250 g/mol. The van der Waals surface area contributed by atoms with E-state index in [1.807, 2.05) is 48.5 Å². The topological polar surface area (TPSA) is 46.2 Å². The largest absolute Gasteiger partial charge is 0.325 e. The van der Waals surface area contributed by atoms with Crippen LogP contribution < -0.4 is 5.32 Å². The van der Waals surface area contributed by atoms with Crippen molar-refractivity contribution >= 4 is 17.4 Å². The maximum absolute atomic E-state index is 12.2. The second-order valence-electron chi connectivity index (χ2n) is 4.71. The fourth-order valence-corrected chi connectivity index (χ4v) is 2.02.